The smallest absolute Gasteiger partial charge is 0.159 e. The molecule has 6 heteroatoms. The third kappa shape index (κ3) is 3.20. The van der Waals surface area contributed by atoms with Crippen molar-refractivity contribution < 1.29 is 4.39 Å². The second-order valence-electron chi connectivity index (χ2n) is 5.25. The maximum atomic E-state index is 15.8. The van der Waals surface area contributed by atoms with E-state index in [4.69, 9.17) is 11.6 Å². The lowest BCUT2D eigenvalue weighted by molar-refractivity contribution is 0.129. The molecule has 0 N–H and O–H groups in total. The van der Waals surface area contributed by atoms with Crippen molar-refractivity contribution in [3.05, 3.63) is 69.1 Å². The highest BCUT2D eigenvalue weighted by Crippen LogP contribution is 2.34. The molecule has 3 rings (SSSR count). The van der Waals surface area contributed by atoms with Crippen molar-refractivity contribution in [1.82, 2.24) is 15.0 Å². The number of alkyl halides is 1. The van der Waals surface area contributed by atoms with Gasteiger partial charge in [-0.3, -0.25) is 0 Å². The van der Waals surface area contributed by atoms with E-state index in [9.17, 15) is 0 Å². The van der Waals surface area contributed by atoms with Gasteiger partial charge in [0.15, 0.2) is 5.67 Å². The zero-order chi connectivity index (χ0) is 15.6. The number of aromatic nitrogens is 3. The molecule has 22 heavy (non-hydrogen) atoms. The first-order chi connectivity index (χ1) is 10.6. The molecule has 3 aromatic rings. The van der Waals surface area contributed by atoms with Crippen molar-refractivity contribution in [3.8, 4) is 0 Å². The monoisotopic (exact) mass is 335 g/mol. The van der Waals surface area contributed by atoms with Crippen LogP contribution in [0.2, 0.25) is 5.02 Å². The minimum atomic E-state index is -1.57. The van der Waals surface area contributed by atoms with Gasteiger partial charge in [0.1, 0.15) is 0 Å². The molecule has 114 valence electrons. The van der Waals surface area contributed by atoms with Gasteiger partial charge in [-0.1, -0.05) is 28.9 Å². The van der Waals surface area contributed by atoms with E-state index in [1.165, 1.54) is 4.68 Å². The van der Waals surface area contributed by atoms with Crippen LogP contribution in [-0.4, -0.2) is 15.0 Å². The molecule has 0 aliphatic heterocycles. The minimum Gasteiger partial charge on any atom is -0.249 e. The summed E-state index contributed by atoms with van der Waals surface area (Å²) in [6, 6.07) is 8.88. The minimum absolute atomic E-state index is 0.115. The van der Waals surface area contributed by atoms with E-state index >= 15 is 4.39 Å². The summed E-state index contributed by atoms with van der Waals surface area (Å²) in [7, 11) is 0. The predicted octanol–water partition coefficient (Wildman–Crippen LogP) is 4.41. The average molecular weight is 336 g/mol. The van der Waals surface area contributed by atoms with Gasteiger partial charge in [0.05, 0.1) is 12.7 Å². The van der Waals surface area contributed by atoms with Crippen LogP contribution in [0.1, 0.15) is 16.0 Å². The van der Waals surface area contributed by atoms with Gasteiger partial charge < -0.3 is 0 Å². The number of hydrogen-bond acceptors (Lipinski definition) is 3. The molecule has 0 fully saturated rings. The molecule has 0 aliphatic carbocycles. The largest absolute Gasteiger partial charge is 0.249 e. The Morgan fingerprint density at radius 3 is 2.64 bits per heavy atom. The van der Waals surface area contributed by atoms with Crippen LogP contribution in [0.4, 0.5) is 4.39 Å². The summed E-state index contributed by atoms with van der Waals surface area (Å²) < 4.78 is 17.4. The molecule has 0 bridgehead atoms. The number of hydrogen-bond donors (Lipinski definition) is 0. The molecule has 0 radical (unpaired) electrons. The lowest BCUT2D eigenvalue weighted by Gasteiger charge is -2.26. The Kier molecular flexibility index (Phi) is 4.27. The maximum absolute atomic E-state index is 15.8. The number of aryl methyl sites for hydroxylation is 1. The second kappa shape index (κ2) is 6.18. The molecule has 3 nitrogen and oxygen atoms in total. The molecule has 2 heterocycles. The summed E-state index contributed by atoms with van der Waals surface area (Å²) in [4.78, 5) is 1.13. The molecule has 0 spiro atoms. The summed E-state index contributed by atoms with van der Waals surface area (Å²) in [6.07, 6.45) is 3.52. The highest BCUT2D eigenvalue weighted by atomic mass is 35.5. The van der Waals surface area contributed by atoms with Gasteiger partial charge in [0.2, 0.25) is 0 Å². The van der Waals surface area contributed by atoms with Gasteiger partial charge in [-0.2, -0.15) is 0 Å². The van der Waals surface area contributed by atoms with Crippen LogP contribution in [0.5, 0.6) is 0 Å². The van der Waals surface area contributed by atoms with E-state index < -0.39 is 5.67 Å². The normalized spacial score (nSPS) is 14.0. The number of rotatable bonds is 5. The predicted molar refractivity (Wildman–Crippen MR) is 87.0 cm³/mol. The zero-order valence-electron chi connectivity index (χ0n) is 12.0. The number of thiophene rings is 1. The quantitative estimate of drug-likeness (QED) is 0.691. The fourth-order valence-corrected chi connectivity index (χ4v) is 3.32. The van der Waals surface area contributed by atoms with Gasteiger partial charge in [-0.25, -0.2) is 9.07 Å². The Morgan fingerprint density at radius 2 is 2.05 bits per heavy atom. The lowest BCUT2D eigenvalue weighted by atomic mass is 9.89. The molecule has 1 unspecified atom stereocenters. The summed E-state index contributed by atoms with van der Waals surface area (Å²) >= 11 is 7.55. The Morgan fingerprint density at radius 1 is 1.27 bits per heavy atom. The van der Waals surface area contributed by atoms with Crippen molar-refractivity contribution in [2.75, 3.05) is 0 Å². The molecular weight excluding hydrogens is 321 g/mol. The second-order valence-corrected chi connectivity index (χ2v) is 6.81. The molecule has 0 aliphatic rings. The third-order valence-corrected chi connectivity index (χ3v) is 4.82. The summed E-state index contributed by atoms with van der Waals surface area (Å²) in [5, 5.41) is 10.2. The van der Waals surface area contributed by atoms with E-state index in [1.807, 2.05) is 18.4 Å². The molecule has 2 aromatic heterocycles. The first-order valence-corrected chi connectivity index (χ1v) is 8.15. The molecule has 1 aromatic carbocycles. The van der Waals surface area contributed by atoms with Crippen LogP contribution in [-0.2, 0) is 18.6 Å². The van der Waals surface area contributed by atoms with Crippen molar-refractivity contribution in [1.29, 1.82) is 0 Å². The van der Waals surface area contributed by atoms with E-state index in [0.717, 1.165) is 10.4 Å². The fourth-order valence-electron chi connectivity index (χ4n) is 2.47. The molecule has 0 saturated heterocycles. The van der Waals surface area contributed by atoms with E-state index in [1.54, 1.807) is 48.0 Å². The van der Waals surface area contributed by atoms with Crippen LogP contribution in [0, 0.1) is 6.92 Å². The zero-order valence-corrected chi connectivity index (χ0v) is 13.6. The highest BCUT2D eigenvalue weighted by Gasteiger charge is 2.34. The number of halogens is 2. The van der Waals surface area contributed by atoms with Crippen LogP contribution in [0.3, 0.4) is 0 Å². The van der Waals surface area contributed by atoms with Crippen LogP contribution < -0.4 is 0 Å². The van der Waals surface area contributed by atoms with Gasteiger partial charge in [0.25, 0.3) is 0 Å². The van der Waals surface area contributed by atoms with Crippen LogP contribution in [0.15, 0.2) is 48.1 Å². The molecule has 0 amide bonds. The highest BCUT2D eigenvalue weighted by molar-refractivity contribution is 7.10. The summed E-state index contributed by atoms with van der Waals surface area (Å²) in [5.74, 6) is 0. The molecule has 1 atom stereocenters. The Labute approximate surface area is 137 Å². The number of nitrogens with zero attached hydrogens (tertiary/aromatic N) is 3. The SMILES string of the molecule is Cc1sccc1CC(F)(Cn1ccnn1)c1ccc(Cl)cc1. The average Bonchev–Trinajstić information content (AvgIpc) is 3.12. The van der Waals surface area contributed by atoms with Crippen molar-refractivity contribution in [3.63, 3.8) is 0 Å². The Bertz CT molecular complexity index is 739. The third-order valence-electron chi connectivity index (χ3n) is 3.68. The van der Waals surface area contributed by atoms with Gasteiger partial charge in [-0.15, -0.1) is 16.4 Å². The van der Waals surface area contributed by atoms with Gasteiger partial charge in [-0.05, 0) is 41.6 Å². The van der Waals surface area contributed by atoms with Crippen LogP contribution in [0.25, 0.3) is 0 Å². The standard InChI is InChI=1S/C16H15ClFN3S/c1-12-13(6-9-22-12)10-16(18,11-21-8-7-19-20-21)14-2-4-15(17)5-3-14/h2-9H,10-11H2,1H3. The van der Waals surface area contributed by atoms with Gasteiger partial charge in [0, 0.05) is 22.5 Å². The van der Waals surface area contributed by atoms with Crippen molar-refractivity contribution >= 4 is 22.9 Å². The summed E-state index contributed by atoms with van der Waals surface area (Å²) in [6.45, 7) is 2.13. The van der Waals surface area contributed by atoms with E-state index in [0.29, 0.717) is 17.0 Å². The first kappa shape index (κ1) is 15.2. The van der Waals surface area contributed by atoms with E-state index in [-0.39, 0.29) is 6.54 Å². The topological polar surface area (TPSA) is 30.7 Å². The van der Waals surface area contributed by atoms with Gasteiger partial charge >= 0.3 is 0 Å². The molecular formula is C16H15ClFN3S. The summed E-state index contributed by atoms with van der Waals surface area (Å²) in [5.41, 5.74) is 0.0463. The Hall–Kier alpha value is -1.72. The lowest BCUT2D eigenvalue weighted by Crippen LogP contribution is -2.30. The fraction of sp³-hybridized carbons (Fsp3) is 0.250. The number of benzene rings is 1. The first-order valence-electron chi connectivity index (χ1n) is 6.89. The van der Waals surface area contributed by atoms with Crippen LogP contribution >= 0.6 is 22.9 Å². The Balaban J connectivity index is 1.97. The van der Waals surface area contributed by atoms with E-state index in [2.05, 4.69) is 10.3 Å². The molecule has 0 saturated carbocycles. The maximum Gasteiger partial charge on any atom is 0.159 e. The van der Waals surface area contributed by atoms with Crippen molar-refractivity contribution in [2.45, 2.75) is 25.6 Å². The van der Waals surface area contributed by atoms with Crippen molar-refractivity contribution in [2.24, 2.45) is 0 Å².